The Labute approximate surface area is 57.7 Å². The monoisotopic (exact) mass is 145 g/mol. The van der Waals surface area contributed by atoms with Crippen LogP contribution in [0, 0.1) is 11.3 Å². The Kier molecular flexibility index (Phi) is 3.89. The maximum absolute atomic E-state index is 10.1. The van der Waals surface area contributed by atoms with E-state index >= 15 is 0 Å². The van der Waals surface area contributed by atoms with Crippen molar-refractivity contribution >= 4 is 17.7 Å². The predicted molar refractivity (Wildman–Crippen MR) is 35.2 cm³/mol. The molecule has 0 aromatic rings. The van der Waals surface area contributed by atoms with Crippen LogP contribution in [0.4, 0.5) is 0 Å². The molecule has 0 spiro atoms. The minimum atomic E-state index is -1.05. The van der Waals surface area contributed by atoms with Gasteiger partial charge in [-0.25, -0.2) is 4.79 Å². The average molecular weight is 145 g/mol. The summed E-state index contributed by atoms with van der Waals surface area (Å²) < 4.78 is 0. The lowest BCUT2D eigenvalue weighted by molar-refractivity contribution is -0.135. The number of nitriles is 1. The number of carboxylic acids is 1. The molecule has 0 rings (SSSR count). The van der Waals surface area contributed by atoms with Gasteiger partial charge in [0.05, 0.1) is 6.07 Å². The molecular weight excluding hydrogens is 138 g/mol. The minimum absolute atomic E-state index is 0.657. The zero-order valence-corrected chi connectivity index (χ0v) is 5.81. The van der Waals surface area contributed by atoms with Gasteiger partial charge in [-0.1, -0.05) is 6.92 Å². The lowest BCUT2D eigenvalue weighted by Crippen LogP contribution is -2.13. The summed E-state index contributed by atoms with van der Waals surface area (Å²) in [5, 5.41) is 15.5. The molecule has 4 heteroatoms. The topological polar surface area (TPSA) is 61.1 Å². The molecule has 1 N–H and O–H groups in total. The number of thioether (sulfide) groups is 1. The molecule has 0 saturated carbocycles. The second kappa shape index (κ2) is 4.21. The van der Waals surface area contributed by atoms with E-state index in [0.717, 1.165) is 11.8 Å². The third-order valence-electron chi connectivity index (χ3n) is 0.675. The summed E-state index contributed by atoms with van der Waals surface area (Å²) in [6, 6.07) is 1.67. The molecule has 3 nitrogen and oxygen atoms in total. The first-order chi connectivity index (χ1) is 4.22. The highest BCUT2D eigenvalue weighted by Crippen LogP contribution is 2.08. The first-order valence-corrected chi connectivity index (χ1v) is 3.51. The van der Waals surface area contributed by atoms with Gasteiger partial charge in [-0.15, -0.1) is 11.8 Å². The largest absolute Gasteiger partial charge is 0.480 e. The summed E-state index contributed by atoms with van der Waals surface area (Å²) in [5.74, 6) is -0.394. The average Bonchev–Trinajstić information content (AvgIpc) is 1.82. The van der Waals surface area contributed by atoms with Gasteiger partial charge in [0.1, 0.15) is 0 Å². The lowest BCUT2D eigenvalue weighted by Gasteiger charge is -1.97. The van der Waals surface area contributed by atoms with Crippen LogP contribution in [0.15, 0.2) is 0 Å². The summed E-state index contributed by atoms with van der Waals surface area (Å²) in [6.45, 7) is 1.82. The van der Waals surface area contributed by atoms with Crippen LogP contribution in [0.5, 0.6) is 0 Å². The minimum Gasteiger partial charge on any atom is -0.480 e. The van der Waals surface area contributed by atoms with Gasteiger partial charge >= 0.3 is 5.97 Å². The number of aliphatic carboxylic acids is 1. The molecule has 50 valence electrons. The fourth-order valence-electron chi connectivity index (χ4n) is 0.330. The smallest absolute Gasteiger partial charge is 0.331 e. The lowest BCUT2D eigenvalue weighted by atomic mass is 10.5. The van der Waals surface area contributed by atoms with Gasteiger partial charge in [0, 0.05) is 0 Å². The Morgan fingerprint density at radius 1 is 2.00 bits per heavy atom. The molecule has 0 heterocycles. The summed E-state index contributed by atoms with van der Waals surface area (Å²) in [5.41, 5.74) is 0. The Morgan fingerprint density at radius 3 is 2.67 bits per heavy atom. The number of carbonyl (C=O) groups is 1. The molecule has 0 radical (unpaired) electrons. The van der Waals surface area contributed by atoms with Crippen molar-refractivity contribution in [3.05, 3.63) is 0 Å². The number of nitrogens with zero attached hydrogens (tertiary/aromatic N) is 1. The molecule has 1 atom stereocenters. The van der Waals surface area contributed by atoms with E-state index in [-0.39, 0.29) is 0 Å². The van der Waals surface area contributed by atoms with E-state index in [1.165, 1.54) is 0 Å². The van der Waals surface area contributed by atoms with Crippen molar-refractivity contribution in [3.8, 4) is 6.07 Å². The van der Waals surface area contributed by atoms with E-state index in [2.05, 4.69) is 0 Å². The normalized spacial score (nSPS) is 12.0. The van der Waals surface area contributed by atoms with Crippen molar-refractivity contribution in [1.29, 1.82) is 5.26 Å². The van der Waals surface area contributed by atoms with Gasteiger partial charge in [-0.05, 0) is 5.75 Å². The second-order valence-corrected chi connectivity index (χ2v) is 2.68. The van der Waals surface area contributed by atoms with Crippen molar-refractivity contribution in [1.82, 2.24) is 0 Å². The molecule has 0 aromatic heterocycles. The van der Waals surface area contributed by atoms with Crippen molar-refractivity contribution in [2.45, 2.75) is 12.2 Å². The molecule has 0 fully saturated rings. The Hall–Kier alpha value is -0.690. The van der Waals surface area contributed by atoms with E-state index in [1.807, 2.05) is 6.92 Å². The standard InChI is InChI=1S/C5H7NO2S/c1-2-9-4(3-6)5(7)8/h4H,2H2,1H3,(H,7,8). The molecule has 0 aliphatic carbocycles. The molecule has 0 bridgehead atoms. The van der Waals surface area contributed by atoms with Gasteiger partial charge in [0.15, 0.2) is 5.25 Å². The first kappa shape index (κ1) is 8.31. The van der Waals surface area contributed by atoms with Crippen LogP contribution in [0.2, 0.25) is 0 Å². The van der Waals surface area contributed by atoms with Crippen LogP contribution in [0.25, 0.3) is 0 Å². The van der Waals surface area contributed by atoms with Crippen LogP contribution >= 0.6 is 11.8 Å². The van der Waals surface area contributed by atoms with Crippen LogP contribution in [0.3, 0.4) is 0 Å². The van der Waals surface area contributed by atoms with Gasteiger partial charge in [-0.2, -0.15) is 5.26 Å². The van der Waals surface area contributed by atoms with Crippen LogP contribution in [-0.4, -0.2) is 22.1 Å². The summed E-state index contributed by atoms with van der Waals surface area (Å²) in [7, 11) is 0. The second-order valence-electron chi connectivity index (χ2n) is 1.30. The quantitative estimate of drug-likeness (QED) is 0.635. The van der Waals surface area contributed by atoms with E-state index in [4.69, 9.17) is 10.4 Å². The summed E-state index contributed by atoms with van der Waals surface area (Å²) in [4.78, 5) is 10.1. The predicted octanol–water partition coefficient (Wildman–Crippen LogP) is 0.716. The summed E-state index contributed by atoms with van der Waals surface area (Å²) in [6.07, 6.45) is 0. The third-order valence-corrected chi connectivity index (χ3v) is 1.65. The highest BCUT2D eigenvalue weighted by atomic mass is 32.2. The van der Waals surface area contributed by atoms with Crippen molar-refractivity contribution in [2.24, 2.45) is 0 Å². The van der Waals surface area contributed by atoms with E-state index in [0.29, 0.717) is 5.75 Å². The van der Waals surface area contributed by atoms with E-state index < -0.39 is 11.2 Å². The SMILES string of the molecule is CCSC(C#N)C(=O)O. The molecule has 9 heavy (non-hydrogen) atoms. The van der Waals surface area contributed by atoms with Crippen LogP contribution in [-0.2, 0) is 4.79 Å². The maximum atomic E-state index is 10.1. The molecule has 1 unspecified atom stereocenters. The Morgan fingerprint density at radius 2 is 2.56 bits per heavy atom. The fraction of sp³-hybridized carbons (Fsp3) is 0.600. The molecule has 0 aliphatic rings. The van der Waals surface area contributed by atoms with E-state index in [1.54, 1.807) is 6.07 Å². The maximum Gasteiger partial charge on any atom is 0.331 e. The van der Waals surface area contributed by atoms with Crippen molar-refractivity contribution in [3.63, 3.8) is 0 Å². The molecular formula is C5H7NO2S. The van der Waals surface area contributed by atoms with Crippen LogP contribution in [0.1, 0.15) is 6.92 Å². The third kappa shape index (κ3) is 2.98. The number of hydrogen-bond acceptors (Lipinski definition) is 3. The highest BCUT2D eigenvalue weighted by molar-refractivity contribution is 8.00. The van der Waals surface area contributed by atoms with Gasteiger partial charge in [0.25, 0.3) is 0 Å². The number of hydrogen-bond donors (Lipinski definition) is 1. The number of rotatable bonds is 3. The van der Waals surface area contributed by atoms with Gasteiger partial charge in [-0.3, -0.25) is 0 Å². The van der Waals surface area contributed by atoms with Crippen LogP contribution < -0.4 is 0 Å². The molecule has 0 aliphatic heterocycles. The molecule has 0 saturated heterocycles. The molecule has 0 aromatic carbocycles. The summed E-state index contributed by atoms with van der Waals surface area (Å²) >= 11 is 1.12. The van der Waals surface area contributed by atoms with Crippen molar-refractivity contribution in [2.75, 3.05) is 5.75 Å². The van der Waals surface area contributed by atoms with E-state index in [9.17, 15) is 4.79 Å². The first-order valence-electron chi connectivity index (χ1n) is 2.46. The molecule has 0 amide bonds. The van der Waals surface area contributed by atoms with Crippen molar-refractivity contribution < 1.29 is 9.90 Å². The highest BCUT2D eigenvalue weighted by Gasteiger charge is 2.14. The van der Waals surface area contributed by atoms with Gasteiger partial charge in [0.2, 0.25) is 0 Å². The Bertz CT molecular complexity index is 140. The zero-order chi connectivity index (χ0) is 7.28. The fourth-order valence-corrected chi connectivity index (χ4v) is 0.881. The zero-order valence-electron chi connectivity index (χ0n) is 5.00. The Balaban J connectivity index is 3.72. The van der Waals surface area contributed by atoms with Gasteiger partial charge < -0.3 is 5.11 Å². The number of carboxylic acid groups (broad SMARTS) is 1.